The number of nitrogens with one attached hydrogen (secondary N) is 3. The molecule has 1 heterocycles. The van der Waals surface area contributed by atoms with Crippen LogP contribution in [0.4, 0.5) is 16.4 Å². The molecule has 3 N–H and O–H groups in total. The lowest BCUT2D eigenvalue weighted by Crippen LogP contribution is -2.53. The molecule has 2 aromatic carbocycles. The number of hydrogen-bond donors (Lipinski definition) is 3. The molecule has 0 fully saturated rings. The third-order valence-electron chi connectivity index (χ3n) is 4.69. The fraction of sp³-hybridized carbons (Fsp3) is 0.182. The van der Waals surface area contributed by atoms with Crippen molar-refractivity contribution in [3.8, 4) is 5.75 Å². The van der Waals surface area contributed by atoms with Crippen LogP contribution in [-0.4, -0.2) is 50.5 Å². The first-order valence-corrected chi connectivity index (χ1v) is 11.6. The van der Waals surface area contributed by atoms with E-state index in [0.29, 0.717) is 11.4 Å². The molecular weight excluding hydrogens is 460 g/mol. The molecule has 1 unspecified atom stereocenters. The van der Waals surface area contributed by atoms with Crippen LogP contribution in [0.5, 0.6) is 5.75 Å². The van der Waals surface area contributed by atoms with Gasteiger partial charge in [-0.05, 0) is 35.9 Å². The van der Waals surface area contributed by atoms with Gasteiger partial charge in [0.15, 0.2) is 0 Å². The number of likely N-dealkylation sites (N-methyl/N-ethyl adjacent to an activating group) is 1. The van der Waals surface area contributed by atoms with Crippen LogP contribution in [0.15, 0.2) is 73.1 Å². The number of carbonyl (C=O) groups excluding carboxylic acids is 2. The molecule has 3 aromatic rings. The minimum Gasteiger partial charge on any atom is -0.497 e. The Kier molecular flexibility index (Phi) is 7.98. The highest BCUT2D eigenvalue weighted by atomic mass is 32.2. The number of anilines is 2. The molecule has 0 saturated heterocycles. The average molecular weight is 485 g/mol. The highest BCUT2D eigenvalue weighted by molar-refractivity contribution is 7.91. The molecule has 0 saturated carbocycles. The molecule has 0 bridgehead atoms. The van der Waals surface area contributed by atoms with E-state index in [1.54, 1.807) is 55.6 Å². The van der Waals surface area contributed by atoms with Crippen LogP contribution in [0.25, 0.3) is 0 Å². The topological polar surface area (TPSA) is 143 Å². The van der Waals surface area contributed by atoms with Gasteiger partial charge in [-0.2, -0.15) is 8.42 Å². The highest BCUT2D eigenvalue weighted by Crippen LogP contribution is 2.19. The van der Waals surface area contributed by atoms with Crippen molar-refractivity contribution < 1.29 is 22.7 Å². The van der Waals surface area contributed by atoms with Crippen LogP contribution in [0.3, 0.4) is 0 Å². The van der Waals surface area contributed by atoms with Gasteiger partial charge < -0.3 is 15.0 Å². The Balaban J connectivity index is 1.75. The van der Waals surface area contributed by atoms with E-state index in [0.717, 1.165) is 5.56 Å². The zero-order valence-corrected chi connectivity index (χ0v) is 19.3. The molecule has 0 aliphatic rings. The van der Waals surface area contributed by atoms with Crippen molar-refractivity contribution in [2.45, 2.75) is 12.5 Å². The summed E-state index contributed by atoms with van der Waals surface area (Å²) in [6.07, 6.45) is 2.83. The summed E-state index contributed by atoms with van der Waals surface area (Å²) in [4.78, 5) is 34.6. The van der Waals surface area contributed by atoms with Crippen LogP contribution in [0.1, 0.15) is 5.56 Å². The van der Waals surface area contributed by atoms with Gasteiger partial charge in [0.2, 0.25) is 11.9 Å². The third-order valence-corrected chi connectivity index (χ3v) is 5.60. The van der Waals surface area contributed by atoms with Gasteiger partial charge in [-0.1, -0.05) is 30.3 Å². The summed E-state index contributed by atoms with van der Waals surface area (Å²) >= 11 is 0. The highest BCUT2D eigenvalue weighted by Gasteiger charge is 2.27. The summed E-state index contributed by atoms with van der Waals surface area (Å²) in [6.45, 7) is 0. The van der Waals surface area contributed by atoms with Gasteiger partial charge in [-0.3, -0.25) is 4.79 Å². The van der Waals surface area contributed by atoms with Gasteiger partial charge in [0.05, 0.1) is 7.11 Å². The number of urea groups is 1. The number of hydrogen-bond acceptors (Lipinski definition) is 7. The van der Waals surface area contributed by atoms with E-state index in [1.807, 2.05) is 15.5 Å². The first-order chi connectivity index (χ1) is 16.3. The van der Waals surface area contributed by atoms with Crippen molar-refractivity contribution in [2.75, 3.05) is 23.8 Å². The van der Waals surface area contributed by atoms with E-state index in [2.05, 4.69) is 15.3 Å². The Morgan fingerprint density at radius 3 is 2.26 bits per heavy atom. The standard InChI is InChI=1S/C22H24N6O5S/c1-28(17-9-11-18(33-2)12-10-17)20(29)19(15-16-7-4-3-5-8-16)25-22(30)27-34(31,32)26-21-23-13-6-14-24-21/h3-14,19H,15H2,1-2H3,(H,23,24,26)(H2,25,27,30). The van der Waals surface area contributed by atoms with Gasteiger partial charge in [-0.15, -0.1) is 0 Å². The maximum Gasteiger partial charge on any atom is 0.330 e. The minimum atomic E-state index is -4.33. The zero-order valence-electron chi connectivity index (χ0n) is 18.5. The largest absolute Gasteiger partial charge is 0.497 e. The summed E-state index contributed by atoms with van der Waals surface area (Å²) in [5.74, 6) is -0.0251. The van der Waals surface area contributed by atoms with Gasteiger partial charge in [0.1, 0.15) is 11.8 Å². The number of amides is 3. The molecule has 1 atom stereocenters. The van der Waals surface area contributed by atoms with Crippen LogP contribution in [0, 0.1) is 0 Å². The van der Waals surface area contributed by atoms with E-state index in [9.17, 15) is 18.0 Å². The molecule has 1 aromatic heterocycles. The number of nitrogens with zero attached hydrogens (tertiary/aromatic N) is 3. The first-order valence-electron chi connectivity index (χ1n) is 10.1. The molecule has 0 aliphatic heterocycles. The number of ether oxygens (including phenoxy) is 1. The SMILES string of the molecule is COc1ccc(N(C)C(=O)C(Cc2ccccc2)NC(=O)NS(=O)(=O)Nc2ncccn2)cc1. The zero-order chi connectivity index (χ0) is 24.6. The first kappa shape index (κ1) is 24.5. The van der Waals surface area contributed by atoms with E-state index in [-0.39, 0.29) is 12.4 Å². The van der Waals surface area contributed by atoms with E-state index >= 15 is 0 Å². The van der Waals surface area contributed by atoms with E-state index in [4.69, 9.17) is 4.74 Å². The summed E-state index contributed by atoms with van der Waals surface area (Å²) in [6, 6.07) is 15.2. The predicted molar refractivity (Wildman–Crippen MR) is 127 cm³/mol. The molecule has 0 spiro atoms. The second-order valence-electron chi connectivity index (χ2n) is 7.09. The average Bonchev–Trinajstić information content (AvgIpc) is 2.83. The third kappa shape index (κ3) is 6.90. The Morgan fingerprint density at radius 2 is 1.65 bits per heavy atom. The molecule has 11 nitrogen and oxygen atoms in total. The molecule has 34 heavy (non-hydrogen) atoms. The smallest absolute Gasteiger partial charge is 0.330 e. The summed E-state index contributed by atoms with van der Waals surface area (Å²) < 4.78 is 33.5. The molecule has 12 heteroatoms. The van der Waals surface area contributed by atoms with Crippen molar-refractivity contribution in [1.82, 2.24) is 20.0 Å². The van der Waals surface area contributed by atoms with Crippen molar-refractivity contribution in [3.05, 3.63) is 78.6 Å². The monoisotopic (exact) mass is 484 g/mol. The number of aromatic nitrogens is 2. The molecule has 0 aliphatic carbocycles. The second kappa shape index (κ2) is 11.1. The Labute approximate surface area is 197 Å². The van der Waals surface area contributed by atoms with E-state index < -0.39 is 28.2 Å². The lowest BCUT2D eigenvalue weighted by molar-refractivity contribution is -0.120. The normalized spacial score (nSPS) is 11.7. The summed E-state index contributed by atoms with van der Waals surface area (Å²) in [5, 5.41) is 2.45. The lowest BCUT2D eigenvalue weighted by Gasteiger charge is -2.25. The van der Waals surface area contributed by atoms with Gasteiger partial charge in [-0.25, -0.2) is 24.2 Å². The molecule has 0 radical (unpaired) electrons. The van der Waals surface area contributed by atoms with Crippen LogP contribution in [-0.2, 0) is 21.4 Å². The molecule has 3 rings (SSSR count). The van der Waals surface area contributed by atoms with Crippen molar-refractivity contribution >= 4 is 33.8 Å². The maximum atomic E-state index is 13.3. The molecular formula is C22H24N6O5S. The predicted octanol–water partition coefficient (Wildman–Crippen LogP) is 1.72. The Hall–Kier alpha value is -4.19. The number of carbonyl (C=O) groups is 2. The second-order valence-corrected chi connectivity index (χ2v) is 8.51. The fourth-order valence-corrected chi connectivity index (χ4v) is 3.72. The Morgan fingerprint density at radius 1 is 1.00 bits per heavy atom. The van der Waals surface area contributed by atoms with Crippen LogP contribution in [0.2, 0.25) is 0 Å². The van der Waals surface area contributed by atoms with Gasteiger partial charge in [0.25, 0.3) is 0 Å². The van der Waals surface area contributed by atoms with Gasteiger partial charge >= 0.3 is 16.2 Å². The number of benzene rings is 2. The van der Waals surface area contributed by atoms with Crippen molar-refractivity contribution in [2.24, 2.45) is 0 Å². The van der Waals surface area contributed by atoms with Crippen LogP contribution < -0.4 is 24.4 Å². The fourth-order valence-electron chi connectivity index (χ4n) is 3.02. The maximum absolute atomic E-state index is 13.3. The number of rotatable bonds is 9. The number of methoxy groups -OCH3 is 1. The molecule has 3 amide bonds. The van der Waals surface area contributed by atoms with Gasteiger partial charge in [0, 0.05) is 31.5 Å². The summed E-state index contributed by atoms with van der Waals surface area (Å²) in [7, 11) is -1.23. The lowest BCUT2D eigenvalue weighted by atomic mass is 10.0. The van der Waals surface area contributed by atoms with Crippen molar-refractivity contribution in [3.63, 3.8) is 0 Å². The van der Waals surface area contributed by atoms with E-state index in [1.165, 1.54) is 30.5 Å². The summed E-state index contributed by atoms with van der Waals surface area (Å²) in [5.41, 5.74) is 1.35. The quantitative estimate of drug-likeness (QED) is 0.420. The molecule has 178 valence electrons. The van der Waals surface area contributed by atoms with Crippen molar-refractivity contribution in [1.29, 1.82) is 0 Å². The minimum absolute atomic E-state index is 0.142. The van der Waals surface area contributed by atoms with Crippen LogP contribution >= 0.6 is 0 Å². The Bertz CT molecular complexity index is 1210.